The molecular formula is C17H20F4O5S. The zero-order valence-electron chi connectivity index (χ0n) is 15.2. The molecule has 27 heavy (non-hydrogen) atoms. The van der Waals surface area contributed by atoms with E-state index in [1.54, 1.807) is 0 Å². The van der Waals surface area contributed by atoms with Crippen LogP contribution >= 0.6 is 0 Å². The number of carbonyl (C=O) groups is 1. The van der Waals surface area contributed by atoms with Crippen LogP contribution in [0.1, 0.15) is 37.8 Å². The molecule has 0 saturated heterocycles. The summed E-state index contributed by atoms with van der Waals surface area (Å²) >= 11 is 0. The summed E-state index contributed by atoms with van der Waals surface area (Å²) in [6.45, 7) is 5.40. The van der Waals surface area contributed by atoms with E-state index in [2.05, 4.69) is 4.18 Å². The van der Waals surface area contributed by atoms with Crippen LogP contribution in [0.15, 0.2) is 30.0 Å². The number of benzene rings is 1. The predicted molar refractivity (Wildman–Crippen MR) is 89.6 cm³/mol. The van der Waals surface area contributed by atoms with Crippen molar-refractivity contribution in [1.82, 2.24) is 0 Å². The second-order valence-electron chi connectivity index (χ2n) is 5.47. The molecule has 0 spiro atoms. The monoisotopic (exact) mass is 412 g/mol. The Hall–Kier alpha value is -2.10. The second kappa shape index (κ2) is 8.28. The van der Waals surface area contributed by atoms with Crippen molar-refractivity contribution in [3.63, 3.8) is 0 Å². The number of methoxy groups -OCH3 is 1. The fraction of sp³-hybridized carbons (Fsp3) is 0.471. The highest BCUT2D eigenvalue weighted by atomic mass is 32.2. The number of hydrogen-bond acceptors (Lipinski definition) is 5. The van der Waals surface area contributed by atoms with Gasteiger partial charge in [0.2, 0.25) is 0 Å². The molecule has 0 amide bonds. The molecule has 5 nitrogen and oxygen atoms in total. The van der Waals surface area contributed by atoms with Gasteiger partial charge in [0.1, 0.15) is 17.0 Å². The topological polar surface area (TPSA) is 69.7 Å². The molecule has 1 aliphatic carbocycles. The van der Waals surface area contributed by atoms with E-state index in [1.807, 2.05) is 13.8 Å². The Morgan fingerprint density at radius 3 is 2.33 bits per heavy atom. The number of allylic oxidation sites excluding steroid dienone is 1. The molecule has 1 aromatic rings. The third kappa shape index (κ3) is 4.42. The highest BCUT2D eigenvalue weighted by Gasteiger charge is 2.51. The first-order valence-corrected chi connectivity index (χ1v) is 9.42. The third-order valence-corrected chi connectivity index (χ3v) is 4.97. The number of carbonyl (C=O) groups excluding carboxylic acids is 1. The molecule has 0 saturated carbocycles. The normalized spacial score (nSPS) is 19.6. The number of ether oxygens (including phenoxy) is 1. The molecule has 0 N–H and O–H groups in total. The number of hydrogen-bond donors (Lipinski definition) is 0. The number of halogens is 4. The first kappa shape index (κ1) is 22.9. The molecule has 1 aromatic carbocycles. The molecule has 1 aliphatic rings. The molecule has 10 heteroatoms. The van der Waals surface area contributed by atoms with E-state index < -0.39 is 38.6 Å². The zero-order valence-corrected chi connectivity index (χ0v) is 16.0. The lowest BCUT2D eigenvalue weighted by Crippen LogP contribution is -2.34. The van der Waals surface area contributed by atoms with E-state index in [9.17, 15) is 30.8 Å². The molecule has 0 aromatic heterocycles. The number of esters is 1. The van der Waals surface area contributed by atoms with Crippen LogP contribution in [-0.2, 0) is 29.2 Å². The molecule has 0 heterocycles. The van der Waals surface area contributed by atoms with Crippen molar-refractivity contribution in [2.24, 2.45) is 0 Å². The van der Waals surface area contributed by atoms with Crippen LogP contribution in [0.4, 0.5) is 17.6 Å². The summed E-state index contributed by atoms with van der Waals surface area (Å²) in [5, 5.41) is 0. The van der Waals surface area contributed by atoms with Crippen LogP contribution < -0.4 is 0 Å². The minimum atomic E-state index is -5.86. The minimum Gasteiger partial charge on any atom is -0.468 e. The molecule has 0 radical (unpaired) electrons. The summed E-state index contributed by atoms with van der Waals surface area (Å²) < 4.78 is 82.3. The van der Waals surface area contributed by atoms with Crippen LogP contribution in [0.2, 0.25) is 0 Å². The van der Waals surface area contributed by atoms with Gasteiger partial charge in [-0.2, -0.15) is 21.6 Å². The SMILES string of the molecule is CC.COC(=O)C1(c2cccc(F)c2C)C=C(OS(=O)(=O)C(F)(F)F)CC1. The molecule has 152 valence electrons. The second-order valence-corrected chi connectivity index (χ2v) is 7.01. The molecule has 0 bridgehead atoms. The number of rotatable bonds is 4. The van der Waals surface area contributed by atoms with E-state index >= 15 is 0 Å². The predicted octanol–water partition coefficient (Wildman–Crippen LogP) is 4.12. The van der Waals surface area contributed by atoms with Gasteiger partial charge < -0.3 is 8.92 Å². The summed E-state index contributed by atoms with van der Waals surface area (Å²) in [6, 6.07) is 3.92. The summed E-state index contributed by atoms with van der Waals surface area (Å²) in [5.74, 6) is -2.03. The maximum absolute atomic E-state index is 13.8. The van der Waals surface area contributed by atoms with E-state index in [1.165, 1.54) is 19.1 Å². The molecule has 1 unspecified atom stereocenters. The van der Waals surface area contributed by atoms with Crippen LogP contribution in [0.25, 0.3) is 0 Å². The maximum atomic E-state index is 13.8. The number of alkyl halides is 3. The van der Waals surface area contributed by atoms with Gasteiger partial charge in [0.05, 0.1) is 7.11 Å². The van der Waals surface area contributed by atoms with Gasteiger partial charge in [-0.15, -0.1) is 0 Å². The van der Waals surface area contributed by atoms with Gasteiger partial charge in [-0.3, -0.25) is 4.79 Å². The lowest BCUT2D eigenvalue weighted by atomic mass is 9.78. The molecule has 1 atom stereocenters. The Balaban J connectivity index is 0.00000176. The van der Waals surface area contributed by atoms with E-state index in [4.69, 9.17) is 4.74 Å². The van der Waals surface area contributed by atoms with Gasteiger partial charge in [0.25, 0.3) is 0 Å². The van der Waals surface area contributed by atoms with E-state index in [0.717, 1.165) is 19.3 Å². The Bertz CT molecular complexity index is 830. The Morgan fingerprint density at radius 1 is 1.22 bits per heavy atom. The average Bonchev–Trinajstić information content (AvgIpc) is 3.01. The highest BCUT2D eigenvalue weighted by molar-refractivity contribution is 7.87. The molecule has 0 fully saturated rings. The summed E-state index contributed by atoms with van der Waals surface area (Å²) in [6.07, 6.45) is 0.566. The Labute approximate surface area is 155 Å². The first-order valence-electron chi connectivity index (χ1n) is 8.01. The minimum absolute atomic E-state index is 0.101. The van der Waals surface area contributed by atoms with Gasteiger partial charge in [-0.05, 0) is 36.6 Å². The standard InChI is InChI=1S/C15H14F4O5S.C2H6/c1-9-11(4-3-5-12(9)16)14(13(20)23-2)7-6-10(8-14)24-25(21,22)15(17,18)19;1-2/h3-5,8H,6-7H2,1-2H3;1-2H3. The van der Waals surface area contributed by atoms with Gasteiger partial charge in [0.15, 0.2) is 0 Å². The summed E-state index contributed by atoms with van der Waals surface area (Å²) in [7, 11) is -4.79. The lowest BCUT2D eigenvalue weighted by molar-refractivity contribution is -0.145. The van der Waals surface area contributed by atoms with Crippen molar-refractivity contribution >= 4 is 16.1 Å². The van der Waals surface area contributed by atoms with Crippen LogP contribution in [0.5, 0.6) is 0 Å². The van der Waals surface area contributed by atoms with Crippen molar-refractivity contribution in [2.75, 3.05) is 7.11 Å². The fourth-order valence-corrected chi connectivity index (χ4v) is 3.26. The average molecular weight is 412 g/mol. The highest BCUT2D eigenvalue weighted by Crippen LogP contribution is 2.43. The zero-order chi connectivity index (χ0) is 21.0. The molecular weight excluding hydrogens is 392 g/mol. The van der Waals surface area contributed by atoms with Gasteiger partial charge >= 0.3 is 21.6 Å². The first-order chi connectivity index (χ1) is 12.4. The Kier molecular flexibility index (Phi) is 7.04. The molecule has 0 aliphatic heterocycles. The van der Waals surface area contributed by atoms with Crippen molar-refractivity contribution in [3.8, 4) is 0 Å². The van der Waals surface area contributed by atoms with E-state index in [0.29, 0.717) is 0 Å². The fourth-order valence-electron chi connectivity index (χ4n) is 2.75. The van der Waals surface area contributed by atoms with Crippen LogP contribution in [0.3, 0.4) is 0 Å². The quantitative estimate of drug-likeness (QED) is 0.322. The van der Waals surface area contributed by atoms with Crippen LogP contribution in [-0.4, -0.2) is 27.0 Å². The van der Waals surface area contributed by atoms with Gasteiger partial charge in [0, 0.05) is 6.42 Å². The molecule has 2 rings (SSSR count). The third-order valence-electron chi connectivity index (χ3n) is 3.97. The van der Waals surface area contributed by atoms with Gasteiger partial charge in [-0.1, -0.05) is 26.0 Å². The Morgan fingerprint density at radius 2 is 1.81 bits per heavy atom. The lowest BCUT2D eigenvalue weighted by Gasteiger charge is -2.26. The largest absolute Gasteiger partial charge is 0.534 e. The van der Waals surface area contributed by atoms with Crippen molar-refractivity contribution < 1.29 is 39.7 Å². The van der Waals surface area contributed by atoms with Crippen molar-refractivity contribution in [2.45, 2.75) is 44.5 Å². The van der Waals surface area contributed by atoms with Crippen molar-refractivity contribution in [1.29, 1.82) is 0 Å². The summed E-state index contributed by atoms with van der Waals surface area (Å²) in [4.78, 5) is 12.3. The van der Waals surface area contributed by atoms with E-state index in [-0.39, 0.29) is 24.0 Å². The van der Waals surface area contributed by atoms with Crippen molar-refractivity contribution in [3.05, 3.63) is 47.0 Å². The van der Waals surface area contributed by atoms with Crippen LogP contribution in [0, 0.1) is 12.7 Å². The van der Waals surface area contributed by atoms with Gasteiger partial charge in [-0.25, -0.2) is 4.39 Å². The summed E-state index contributed by atoms with van der Waals surface area (Å²) in [5.41, 5.74) is -6.96. The smallest absolute Gasteiger partial charge is 0.468 e. The maximum Gasteiger partial charge on any atom is 0.534 e.